The number of rotatable bonds is 11. The maximum Gasteiger partial charge on any atom is 0.338 e. The van der Waals surface area contributed by atoms with Gasteiger partial charge in [0, 0.05) is 26.2 Å². The number of carbonyl (C=O) groups excluding carboxylic acids is 1. The van der Waals surface area contributed by atoms with Gasteiger partial charge < -0.3 is 18.9 Å². The fourth-order valence-corrected chi connectivity index (χ4v) is 6.84. The second-order valence-electron chi connectivity index (χ2n) is 10.2. The highest BCUT2D eigenvalue weighted by molar-refractivity contribution is 7.07. The number of nitrogens with zero attached hydrogens (tertiary/aromatic N) is 2. The zero-order valence-corrected chi connectivity index (χ0v) is 28.6. The number of halogens is 3. The Morgan fingerprint density at radius 1 is 0.957 bits per heavy atom. The number of carbonyl (C=O) groups is 1. The summed E-state index contributed by atoms with van der Waals surface area (Å²) in [6.07, 6.45) is 3.00. The van der Waals surface area contributed by atoms with E-state index in [4.69, 9.17) is 58.7 Å². The lowest BCUT2D eigenvalue weighted by Gasteiger charge is -2.27. The van der Waals surface area contributed by atoms with Crippen molar-refractivity contribution in [3.63, 3.8) is 0 Å². The Balaban J connectivity index is 1.61. The lowest BCUT2D eigenvalue weighted by molar-refractivity contribution is -0.139. The lowest BCUT2D eigenvalue weighted by atomic mass is 9.93. The largest absolute Gasteiger partial charge is 0.496 e. The summed E-state index contributed by atoms with van der Waals surface area (Å²) in [5.74, 6) is 0.909. The normalized spacial score (nSPS) is 14.5. The molecule has 0 aliphatic carbocycles. The van der Waals surface area contributed by atoms with Crippen molar-refractivity contribution in [3.8, 4) is 17.2 Å². The van der Waals surface area contributed by atoms with Gasteiger partial charge in [-0.3, -0.25) is 9.36 Å². The molecule has 5 rings (SSSR count). The van der Waals surface area contributed by atoms with Crippen LogP contribution in [-0.4, -0.2) is 31.4 Å². The molecule has 3 aromatic carbocycles. The average Bonchev–Trinajstić information content (AvgIpc) is 3.34. The first-order valence-corrected chi connectivity index (χ1v) is 16.4. The molecule has 0 spiro atoms. The second kappa shape index (κ2) is 14.8. The molecule has 1 aliphatic heterocycles. The predicted octanol–water partition coefficient (Wildman–Crippen LogP) is 7.13. The molecule has 0 fully saturated rings. The molecular formula is C34H31Cl3N2O6S. The number of ether oxygens (including phenoxy) is 4. The third kappa shape index (κ3) is 6.98. The van der Waals surface area contributed by atoms with Crippen LogP contribution in [0.25, 0.3) is 6.08 Å². The van der Waals surface area contributed by atoms with Crippen LogP contribution in [0.3, 0.4) is 0 Å². The number of methoxy groups -OCH3 is 2. The maximum absolute atomic E-state index is 14.2. The maximum atomic E-state index is 14.2. The van der Waals surface area contributed by atoms with Crippen LogP contribution in [0, 0.1) is 0 Å². The molecule has 4 aromatic rings. The van der Waals surface area contributed by atoms with Crippen molar-refractivity contribution in [1.82, 2.24) is 4.57 Å². The van der Waals surface area contributed by atoms with E-state index >= 15 is 0 Å². The second-order valence-corrected chi connectivity index (χ2v) is 12.5. The number of benzene rings is 3. The summed E-state index contributed by atoms with van der Waals surface area (Å²) < 4.78 is 24.7. The monoisotopic (exact) mass is 700 g/mol. The molecule has 12 heteroatoms. The van der Waals surface area contributed by atoms with Crippen LogP contribution >= 0.6 is 46.1 Å². The topological polar surface area (TPSA) is 88.4 Å². The van der Waals surface area contributed by atoms with Crippen molar-refractivity contribution >= 4 is 58.2 Å². The zero-order valence-electron chi connectivity index (χ0n) is 25.6. The van der Waals surface area contributed by atoms with E-state index in [1.54, 1.807) is 68.6 Å². The van der Waals surface area contributed by atoms with Gasteiger partial charge in [-0.1, -0.05) is 71.6 Å². The molecule has 0 N–H and O–H groups in total. The SMILES string of the molecule is CCCC1=C(C(=O)OCC)[C@H](c2cc(Cl)ccc2OC)n2c(s/c(=C/c3ccc(OCc4ccc(Cl)cc4Cl)c(OC)c3)c2=O)=N1. The summed E-state index contributed by atoms with van der Waals surface area (Å²) in [4.78, 5) is 32.9. The zero-order chi connectivity index (χ0) is 33.0. The van der Waals surface area contributed by atoms with Crippen LogP contribution in [0.15, 0.2) is 75.7 Å². The van der Waals surface area contributed by atoms with Gasteiger partial charge in [-0.15, -0.1) is 0 Å². The fraction of sp³-hybridized carbons (Fsp3) is 0.265. The molecule has 2 heterocycles. The van der Waals surface area contributed by atoms with Crippen molar-refractivity contribution in [2.75, 3.05) is 20.8 Å². The molecule has 1 aliphatic rings. The Bertz CT molecular complexity index is 2000. The van der Waals surface area contributed by atoms with Gasteiger partial charge in [-0.2, -0.15) is 0 Å². The van der Waals surface area contributed by atoms with Gasteiger partial charge in [0.2, 0.25) is 0 Å². The molecule has 0 radical (unpaired) electrons. The van der Waals surface area contributed by atoms with Gasteiger partial charge in [0.05, 0.1) is 36.6 Å². The van der Waals surface area contributed by atoms with Crippen molar-refractivity contribution in [2.45, 2.75) is 39.3 Å². The Labute approximate surface area is 285 Å². The van der Waals surface area contributed by atoms with E-state index in [2.05, 4.69) is 0 Å². The van der Waals surface area contributed by atoms with Gasteiger partial charge in [-0.05, 0) is 67.4 Å². The standard InChI is InChI=1S/C34H31Cl3N2O6S/c1-5-7-25-30(33(41)44-6-2)31(23-16-21(35)11-13-26(23)42-3)39-32(40)29(46-34(39)38-25)15-19-8-12-27(28(14-19)43-4)45-18-20-9-10-22(36)17-24(20)37/h8-17,31H,5-7,18H2,1-4H3/b29-15+/t31-/m0/s1. The lowest BCUT2D eigenvalue weighted by Crippen LogP contribution is -2.40. The molecule has 8 nitrogen and oxygen atoms in total. The smallest absolute Gasteiger partial charge is 0.338 e. The van der Waals surface area contributed by atoms with E-state index < -0.39 is 12.0 Å². The number of hydrogen-bond acceptors (Lipinski definition) is 8. The van der Waals surface area contributed by atoms with E-state index in [-0.39, 0.29) is 24.3 Å². The number of fused-ring (bicyclic) bond motifs is 1. The molecule has 240 valence electrons. The van der Waals surface area contributed by atoms with Crippen LogP contribution in [-0.2, 0) is 16.1 Å². The minimum Gasteiger partial charge on any atom is -0.496 e. The Morgan fingerprint density at radius 3 is 2.37 bits per heavy atom. The summed E-state index contributed by atoms with van der Waals surface area (Å²) >= 11 is 20.0. The first-order valence-electron chi connectivity index (χ1n) is 14.5. The highest BCUT2D eigenvalue weighted by atomic mass is 35.5. The Hall–Kier alpha value is -3.76. The van der Waals surface area contributed by atoms with Crippen molar-refractivity contribution in [3.05, 3.63) is 117 Å². The number of thiazole rings is 1. The molecule has 0 saturated carbocycles. The van der Waals surface area contributed by atoms with Crippen molar-refractivity contribution in [2.24, 2.45) is 4.99 Å². The van der Waals surface area contributed by atoms with E-state index in [0.717, 1.165) is 12.0 Å². The van der Waals surface area contributed by atoms with Gasteiger partial charge in [0.15, 0.2) is 16.3 Å². The molecule has 0 bridgehead atoms. The number of allylic oxidation sites excluding steroid dienone is 1. The molecule has 1 atom stereocenters. The molecule has 46 heavy (non-hydrogen) atoms. The van der Waals surface area contributed by atoms with Crippen LogP contribution in [0.4, 0.5) is 0 Å². The van der Waals surface area contributed by atoms with Crippen LogP contribution in [0.5, 0.6) is 17.2 Å². The number of aromatic nitrogens is 1. The Morgan fingerprint density at radius 2 is 1.67 bits per heavy atom. The average molecular weight is 702 g/mol. The summed E-state index contributed by atoms with van der Waals surface area (Å²) in [6, 6.07) is 14.8. The van der Waals surface area contributed by atoms with Crippen molar-refractivity contribution in [1.29, 1.82) is 0 Å². The van der Waals surface area contributed by atoms with Gasteiger partial charge >= 0.3 is 5.97 Å². The third-order valence-corrected chi connectivity index (χ3v) is 9.07. The summed E-state index contributed by atoms with van der Waals surface area (Å²) in [5.41, 5.74) is 2.54. The van der Waals surface area contributed by atoms with Crippen LogP contribution in [0.1, 0.15) is 49.4 Å². The minimum absolute atomic E-state index is 0.167. The fourth-order valence-electron chi connectivity index (χ4n) is 5.17. The van der Waals surface area contributed by atoms with Crippen LogP contribution < -0.4 is 29.1 Å². The number of hydrogen-bond donors (Lipinski definition) is 0. The third-order valence-electron chi connectivity index (χ3n) is 7.26. The summed E-state index contributed by atoms with van der Waals surface area (Å²) in [7, 11) is 3.07. The minimum atomic E-state index is -0.863. The van der Waals surface area contributed by atoms with Gasteiger partial charge in [0.25, 0.3) is 5.56 Å². The first-order chi connectivity index (χ1) is 22.2. The van der Waals surface area contributed by atoms with Crippen LogP contribution in [0.2, 0.25) is 15.1 Å². The van der Waals surface area contributed by atoms with Gasteiger partial charge in [0.1, 0.15) is 18.4 Å². The molecular weight excluding hydrogens is 671 g/mol. The van der Waals surface area contributed by atoms with E-state index in [9.17, 15) is 9.59 Å². The number of esters is 1. The quantitative estimate of drug-likeness (QED) is 0.155. The highest BCUT2D eigenvalue weighted by Crippen LogP contribution is 2.38. The highest BCUT2D eigenvalue weighted by Gasteiger charge is 2.36. The Kier molecular flexibility index (Phi) is 10.8. The first kappa shape index (κ1) is 33.6. The molecule has 0 saturated heterocycles. The predicted molar refractivity (Wildman–Crippen MR) is 181 cm³/mol. The van der Waals surface area contributed by atoms with Crippen molar-refractivity contribution < 1.29 is 23.7 Å². The van der Waals surface area contributed by atoms with Gasteiger partial charge in [-0.25, -0.2) is 9.79 Å². The summed E-state index contributed by atoms with van der Waals surface area (Å²) in [6.45, 7) is 4.11. The molecule has 1 aromatic heterocycles. The summed E-state index contributed by atoms with van der Waals surface area (Å²) in [5, 5.41) is 1.47. The molecule has 0 unspecified atom stereocenters. The van der Waals surface area contributed by atoms with E-state index in [1.807, 2.05) is 13.0 Å². The van der Waals surface area contributed by atoms with E-state index in [1.165, 1.54) is 23.0 Å². The molecule has 0 amide bonds. The van der Waals surface area contributed by atoms with E-state index in [0.29, 0.717) is 64.9 Å².